The number of hydrogen-bond donors (Lipinski definition) is 2. The predicted octanol–water partition coefficient (Wildman–Crippen LogP) is 2.97. The van der Waals surface area contributed by atoms with Crippen LogP contribution in [0.15, 0.2) is 48.5 Å². The molecule has 1 heterocycles. The first kappa shape index (κ1) is 20.4. The predicted molar refractivity (Wildman–Crippen MR) is 112 cm³/mol. The van der Waals surface area contributed by atoms with Crippen molar-refractivity contribution in [1.29, 1.82) is 0 Å². The Bertz CT molecular complexity index is 905. The molecule has 2 N–H and O–H groups in total. The molecule has 1 amide bonds. The van der Waals surface area contributed by atoms with Gasteiger partial charge in [0.25, 0.3) is 5.91 Å². The Morgan fingerprint density at radius 3 is 2.32 bits per heavy atom. The smallest absolute Gasteiger partial charge is 0.253 e. The van der Waals surface area contributed by atoms with E-state index in [1.807, 2.05) is 12.1 Å². The van der Waals surface area contributed by atoms with Crippen molar-refractivity contribution in [3.63, 3.8) is 0 Å². The zero-order valence-corrected chi connectivity index (χ0v) is 17.0. The largest absolute Gasteiger partial charge is 0.348 e. The SMILES string of the molecule is CCS(=O)(=O)Nc1ccccc1C(=O)NCc1ccc(CN2CCCC2)cc1. The minimum Gasteiger partial charge on any atom is -0.348 e. The zero-order chi connectivity index (χ0) is 20.0. The third-order valence-electron chi connectivity index (χ3n) is 4.90. The second-order valence-corrected chi connectivity index (χ2v) is 9.04. The third kappa shape index (κ3) is 5.56. The van der Waals surface area contributed by atoms with Crippen LogP contribution in [0.5, 0.6) is 0 Å². The highest BCUT2D eigenvalue weighted by Crippen LogP contribution is 2.17. The summed E-state index contributed by atoms with van der Waals surface area (Å²) >= 11 is 0. The molecule has 0 unspecified atom stereocenters. The lowest BCUT2D eigenvalue weighted by molar-refractivity contribution is 0.0952. The molecule has 28 heavy (non-hydrogen) atoms. The quantitative estimate of drug-likeness (QED) is 0.713. The Hall–Kier alpha value is -2.38. The maximum Gasteiger partial charge on any atom is 0.253 e. The highest BCUT2D eigenvalue weighted by atomic mass is 32.2. The van der Waals surface area contributed by atoms with Gasteiger partial charge in [-0.05, 0) is 56.1 Å². The number of hydrogen-bond acceptors (Lipinski definition) is 4. The van der Waals surface area contributed by atoms with Crippen LogP contribution in [-0.2, 0) is 23.1 Å². The Balaban J connectivity index is 1.59. The van der Waals surface area contributed by atoms with E-state index in [9.17, 15) is 13.2 Å². The topological polar surface area (TPSA) is 78.5 Å². The highest BCUT2D eigenvalue weighted by Gasteiger charge is 2.15. The second-order valence-electron chi connectivity index (χ2n) is 7.03. The molecule has 1 aliphatic heterocycles. The van der Waals surface area contributed by atoms with Crippen molar-refractivity contribution in [2.45, 2.75) is 32.9 Å². The van der Waals surface area contributed by atoms with E-state index in [2.05, 4.69) is 27.1 Å². The summed E-state index contributed by atoms with van der Waals surface area (Å²) in [5.41, 5.74) is 2.88. The third-order valence-corrected chi connectivity index (χ3v) is 6.19. The van der Waals surface area contributed by atoms with E-state index < -0.39 is 10.0 Å². The number of sulfonamides is 1. The summed E-state index contributed by atoms with van der Waals surface area (Å²) in [6.45, 7) is 5.24. The standard InChI is InChI=1S/C21H27N3O3S/c1-2-28(26,27)23-20-8-4-3-7-19(20)21(25)22-15-17-9-11-18(12-10-17)16-24-13-5-6-14-24/h3-4,7-12,23H,2,5-6,13-16H2,1H3,(H,22,25). The van der Waals surface area contributed by atoms with Gasteiger partial charge < -0.3 is 5.32 Å². The molecule has 0 aromatic heterocycles. The van der Waals surface area contributed by atoms with Gasteiger partial charge in [-0.25, -0.2) is 8.42 Å². The summed E-state index contributed by atoms with van der Waals surface area (Å²) in [5, 5.41) is 2.87. The van der Waals surface area contributed by atoms with Crippen molar-refractivity contribution in [3.05, 3.63) is 65.2 Å². The fraction of sp³-hybridized carbons (Fsp3) is 0.381. The van der Waals surface area contributed by atoms with Gasteiger partial charge in [-0.1, -0.05) is 36.4 Å². The van der Waals surface area contributed by atoms with Crippen molar-refractivity contribution < 1.29 is 13.2 Å². The fourth-order valence-corrected chi connectivity index (χ4v) is 3.91. The monoisotopic (exact) mass is 401 g/mol. The first-order valence-corrected chi connectivity index (χ1v) is 11.3. The first-order valence-electron chi connectivity index (χ1n) is 9.65. The average molecular weight is 402 g/mol. The van der Waals surface area contributed by atoms with Crippen molar-refractivity contribution in [2.75, 3.05) is 23.6 Å². The molecule has 7 heteroatoms. The molecule has 3 rings (SSSR count). The van der Waals surface area contributed by atoms with E-state index in [1.165, 1.54) is 31.5 Å². The molecule has 6 nitrogen and oxygen atoms in total. The van der Waals surface area contributed by atoms with E-state index in [4.69, 9.17) is 0 Å². The van der Waals surface area contributed by atoms with Crippen LogP contribution in [0, 0.1) is 0 Å². The highest BCUT2D eigenvalue weighted by molar-refractivity contribution is 7.92. The number of anilines is 1. The van der Waals surface area contributed by atoms with E-state index in [0.717, 1.165) is 12.1 Å². The summed E-state index contributed by atoms with van der Waals surface area (Å²) in [5.74, 6) is -0.359. The number of nitrogens with one attached hydrogen (secondary N) is 2. The molecule has 0 bridgehead atoms. The van der Waals surface area contributed by atoms with Crippen LogP contribution in [0.2, 0.25) is 0 Å². The molecule has 150 valence electrons. The summed E-state index contributed by atoms with van der Waals surface area (Å²) in [4.78, 5) is 15.0. The summed E-state index contributed by atoms with van der Waals surface area (Å²) in [6.07, 6.45) is 2.56. The molecule has 1 saturated heterocycles. The van der Waals surface area contributed by atoms with E-state index >= 15 is 0 Å². The average Bonchev–Trinajstić information content (AvgIpc) is 3.20. The van der Waals surface area contributed by atoms with Crippen molar-refractivity contribution >= 4 is 21.6 Å². The molecule has 0 aliphatic carbocycles. The Labute approximate surface area is 167 Å². The Morgan fingerprint density at radius 2 is 1.64 bits per heavy atom. The number of carbonyl (C=O) groups excluding carboxylic acids is 1. The van der Waals surface area contributed by atoms with Gasteiger partial charge in [0, 0.05) is 13.1 Å². The maximum atomic E-state index is 12.6. The maximum absolute atomic E-state index is 12.6. The number of amides is 1. The van der Waals surface area contributed by atoms with Gasteiger partial charge >= 0.3 is 0 Å². The lowest BCUT2D eigenvalue weighted by Crippen LogP contribution is -2.25. The van der Waals surface area contributed by atoms with E-state index in [0.29, 0.717) is 17.8 Å². The number of carbonyl (C=O) groups is 1. The van der Waals surface area contributed by atoms with Crippen LogP contribution in [-0.4, -0.2) is 38.1 Å². The van der Waals surface area contributed by atoms with Crippen LogP contribution in [0.4, 0.5) is 5.69 Å². The Kier molecular flexibility index (Phi) is 6.70. The molecule has 0 saturated carbocycles. The van der Waals surface area contributed by atoms with Gasteiger partial charge in [-0.3, -0.25) is 14.4 Å². The second kappa shape index (κ2) is 9.21. The van der Waals surface area contributed by atoms with Crippen LogP contribution < -0.4 is 10.0 Å². The minimum atomic E-state index is -3.44. The number of nitrogens with zero attached hydrogens (tertiary/aromatic N) is 1. The van der Waals surface area contributed by atoms with Gasteiger partial charge in [-0.2, -0.15) is 0 Å². The summed E-state index contributed by atoms with van der Waals surface area (Å²) in [7, 11) is -3.44. The molecule has 0 atom stereocenters. The van der Waals surface area contributed by atoms with Crippen molar-refractivity contribution in [2.24, 2.45) is 0 Å². The lowest BCUT2D eigenvalue weighted by Gasteiger charge is -2.15. The van der Waals surface area contributed by atoms with Gasteiger partial charge in [0.2, 0.25) is 10.0 Å². The van der Waals surface area contributed by atoms with Crippen LogP contribution in [0.25, 0.3) is 0 Å². The summed E-state index contributed by atoms with van der Waals surface area (Å²) < 4.78 is 26.1. The van der Waals surface area contributed by atoms with Gasteiger partial charge in [0.1, 0.15) is 0 Å². The molecule has 2 aromatic carbocycles. The lowest BCUT2D eigenvalue weighted by atomic mass is 10.1. The number of rotatable bonds is 8. The number of para-hydroxylation sites is 1. The normalized spacial score (nSPS) is 14.8. The van der Waals surface area contributed by atoms with Crippen molar-refractivity contribution in [1.82, 2.24) is 10.2 Å². The summed E-state index contributed by atoms with van der Waals surface area (Å²) in [6, 6.07) is 14.9. The molecule has 0 spiro atoms. The first-order chi connectivity index (χ1) is 13.5. The van der Waals surface area contributed by atoms with Crippen LogP contribution in [0.1, 0.15) is 41.3 Å². The molecule has 1 aliphatic rings. The molecular weight excluding hydrogens is 374 g/mol. The van der Waals surface area contributed by atoms with E-state index in [1.54, 1.807) is 31.2 Å². The van der Waals surface area contributed by atoms with E-state index in [-0.39, 0.29) is 11.7 Å². The molecular formula is C21H27N3O3S. The van der Waals surface area contributed by atoms with Crippen LogP contribution >= 0.6 is 0 Å². The van der Waals surface area contributed by atoms with Crippen LogP contribution in [0.3, 0.4) is 0 Å². The number of benzene rings is 2. The molecule has 2 aromatic rings. The molecule has 0 radical (unpaired) electrons. The van der Waals surface area contributed by atoms with Crippen molar-refractivity contribution in [3.8, 4) is 0 Å². The number of likely N-dealkylation sites (tertiary alicyclic amines) is 1. The molecule has 1 fully saturated rings. The van der Waals surface area contributed by atoms with Gasteiger partial charge in [-0.15, -0.1) is 0 Å². The van der Waals surface area contributed by atoms with Gasteiger partial charge in [0.05, 0.1) is 17.0 Å². The zero-order valence-electron chi connectivity index (χ0n) is 16.1. The fourth-order valence-electron chi connectivity index (χ4n) is 3.25. The Morgan fingerprint density at radius 1 is 1.00 bits per heavy atom. The minimum absolute atomic E-state index is 0.0489. The van der Waals surface area contributed by atoms with Gasteiger partial charge in [0.15, 0.2) is 0 Å².